The van der Waals surface area contributed by atoms with Crippen molar-refractivity contribution in [2.75, 3.05) is 0 Å². The van der Waals surface area contributed by atoms with E-state index >= 15 is 0 Å². The van der Waals surface area contributed by atoms with Crippen molar-refractivity contribution in [1.29, 1.82) is 5.26 Å². The molecule has 7 nitrogen and oxygen atoms in total. The zero-order chi connectivity index (χ0) is 21.1. The molecule has 3 rings (SSSR count). The monoisotopic (exact) mass is 390 g/mol. The van der Waals surface area contributed by atoms with Crippen molar-refractivity contribution in [3.63, 3.8) is 0 Å². The third-order valence-electron chi connectivity index (χ3n) is 4.89. The molecule has 3 aromatic rings. The van der Waals surface area contributed by atoms with Gasteiger partial charge < -0.3 is 9.52 Å². The van der Waals surface area contributed by atoms with Gasteiger partial charge in [-0.1, -0.05) is 30.3 Å². The summed E-state index contributed by atoms with van der Waals surface area (Å²) in [6.45, 7) is 7.45. The van der Waals surface area contributed by atoms with Crippen LogP contribution in [0, 0.1) is 39.0 Å². The number of benzene rings is 1. The first-order chi connectivity index (χ1) is 13.8. The predicted octanol–water partition coefficient (Wildman–Crippen LogP) is 3.36. The number of rotatable bonds is 5. The normalized spacial score (nSPS) is 12.1. The third-order valence-corrected chi connectivity index (χ3v) is 4.89. The number of aromatic nitrogens is 1. The van der Waals surface area contributed by atoms with E-state index in [1.165, 1.54) is 6.21 Å². The first-order valence-corrected chi connectivity index (χ1v) is 9.10. The van der Waals surface area contributed by atoms with E-state index in [2.05, 4.69) is 16.6 Å². The van der Waals surface area contributed by atoms with Crippen LogP contribution >= 0.6 is 0 Å². The Morgan fingerprint density at radius 1 is 1.28 bits per heavy atom. The molecule has 1 aromatic carbocycles. The maximum Gasteiger partial charge on any atom is 0.273 e. The number of nitrogens with zero attached hydrogens (tertiary/aromatic N) is 3. The molecule has 0 aliphatic rings. The molecule has 2 heterocycles. The number of hydrogen-bond acceptors (Lipinski definition) is 5. The van der Waals surface area contributed by atoms with Crippen molar-refractivity contribution in [2.24, 2.45) is 5.10 Å². The highest BCUT2D eigenvalue weighted by molar-refractivity contribution is 5.86. The van der Waals surface area contributed by atoms with Gasteiger partial charge in [-0.3, -0.25) is 9.36 Å². The summed E-state index contributed by atoms with van der Waals surface area (Å²) < 4.78 is 7.66. The fourth-order valence-electron chi connectivity index (χ4n) is 3.14. The summed E-state index contributed by atoms with van der Waals surface area (Å²) in [4.78, 5) is 12.1. The van der Waals surface area contributed by atoms with Gasteiger partial charge in [-0.05, 0) is 39.3 Å². The molecule has 1 amide bonds. The van der Waals surface area contributed by atoms with Crippen molar-refractivity contribution in [1.82, 2.24) is 9.99 Å². The van der Waals surface area contributed by atoms with Gasteiger partial charge in [-0.15, -0.1) is 0 Å². The molecular formula is C22H22N4O3. The first kappa shape index (κ1) is 20.1. The number of aryl methyl sites for hydroxylation is 2. The molecule has 0 spiro atoms. The van der Waals surface area contributed by atoms with Gasteiger partial charge in [0.25, 0.3) is 5.91 Å². The number of nitrogens with one attached hydrogen (secondary N) is 1. The Kier molecular flexibility index (Phi) is 5.66. The van der Waals surface area contributed by atoms with Gasteiger partial charge in [0.2, 0.25) is 5.88 Å². The minimum absolute atomic E-state index is 0.473. The smallest absolute Gasteiger partial charge is 0.273 e. The summed E-state index contributed by atoms with van der Waals surface area (Å²) in [6, 6.07) is 12.7. The molecule has 0 saturated carbocycles. The van der Waals surface area contributed by atoms with Gasteiger partial charge in [0, 0.05) is 22.5 Å². The summed E-state index contributed by atoms with van der Waals surface area (Å²) in [6.07, 6.45) is 0.205. The fourth-order valence-corrected chi connectivity index (χ4v) is 3.14. The number of furan rings is 1. The highest BCUT2D eigenvalue weighted by Crippen LogP contribution is 2.28. The maximum absolute atomic E-state index is 12.1. The van der Waals surface area contributed by atoms with Crippen LogP contribution in [0.3, 0.4) is 0 Å². The maximum atomic E-state index is 12.1. The van der Waals surface area contributed by atoms with Gasteiger partial charge >= 0.3 is 0 Å². The molecule has 0 unspecified atom stereocenters. The van der Waals surface area contributed by atoms with Gasteiger partial charge in [0.1, 0.15) is 17.4 Å². The van der Waals surface area contributed by atoms with E-state index in [0.29, 0.717) is 22.8 Å². The molecule has 148 valence electrons. The predicted molar refractivity (Wildman–Crippen MR) is 109 cm³/mol. The summed E-state index contributed by atoms with van der Waals surface area (Å²) in [5.74, 6) is 0.549. The van der Waals surface area contributed by atoms with Gasteiger partial charge in [0.05, 0.1) is 6.21 Å². The summed E-state index contributed by atoms with van der Waals surface area (Å²) in [7, 11) is 0. The van der Waals surface area contributed by atoms with Crippen LogP contribution in [0.2, 0.25) is 0 Å². The molecule has 1 atom stereocenters. The standard InChI is InChI=1S/C22H22N4O3/c1-13-10-18(12-24-25-21(28)20(27)17-8-6-5-7-9-17)15(3)26(13)22-19(11-23)14(2)16(4)29-22/h5-10,12,20,27H,1-4H3,(H,25,28)/b24-12-/t20-/m0/s1. The summed E-state index contributed by atoms with van der Waals surface area (Å²) >= 11 is 0. The van der Waals surface area contributed by atoms with Crippen molar-refractivity contribution >= 4 is 12.1 Å². The lowest BCUT2D eigenvalue weighted by Gasteiger charge is -2.08. The fraction of sp³-hybridized carbons (Fsp3) is 0.227. The number of aliphatic hydroxyl groups is 1. The Bertz CT molecular complexity index is 1120. The number of hydrogen-bond donors (Lipinski definition) is 2. The lowest BCUT2D eigenvalue weighted by Crippen LogP contribution is -2.25. The first-order valence-electron chi connectivity index (χ1n) is 9.10. The summed E-state index contributed by atoms with van der Waals surface area (Å²) in [5, 5.41) is 23.5. The molecule has 0 fully saturated rings. The third kappa shape index (κ3) is 3.84. The van der Waals surface area contributed by atoms with Crippen LogP contribution in [0.15, 0.2) is 45.9 Å². The number of carbonyl (C=O) groups excluding carboxylic acids is 1. The zero-order valence-corrected chi connectivity index (χ0v) is 16.7. The Morgan fingerprint density at radius 3 is 2.62 bits per heavy atom. The van der Waals surface area contributed by atoms with Crippen LogP contribution in [0.5, 0.6) is 0 Å². The van der Waals surface area contributed by atoms with E-state index in [1.54, 1.807) is 24.3 Å². The molecule has 0 aliphatic carbocycles. The second kappa shape index (κ2) is 8.17. The molecule has 0 bridgehead atoms. The minimum Gasteiger partial charge on any atom is -0.443 e. The molecule has 0 saturated heterocycles. The molecule has 0 radical (unpaired) electrons. The topological polar surface area (TPSA) is 104 Å². The second-order valence-corrected chi connectivity index (χ2v) is 6.78. The Morgan fingerprint density at radius 2 is 1.97 bits per heavy atom. The van der Waals surface area contributed by atoms with Crippen LogP contribution in [0.25, 0.3) is 5.88 Å². The number of aliphatic hydroxyl groups excluding tert-OH is 1. The van der Waals surface area contributed by atoms with Crippen LogP contribution in [0.4, 0.5) is 0 Å². The van der Waals surface area contributed by atoms with Gasteiger partial charge in [-0.2, -0.15) is 10.4 Å². The van der Waals surface area contributed by atoms with Crippen molar-refractivity contribution in [3.05, 3.63) is 75.8 Å². The van der Waals surface area contributed by atoms with E-state index < -0.39 is 12.0 Å². The molecule has 29 heavy (non-hydrogen) atoms. The van der Waals surface area contributed by atoms with E-state index in [-0.39, 0.29) is 0 Å². The molecule has 0 aliphatic heterocycles. The van der Waals surface area contributed by atoms with E-state index in [1.807, 2.05) is 44.4 Å². The van der Waals surface area contributed by atoms with Crippen molar-refractivity contribution < 1.29 is 14.3 Å². The summed E-state index contributed by atoms with van der Waals surface area (Å²) in [5.41, 5.74) is 6.59. The average molecular weight is 390 g/mol. The van der Waals surface area contributed by atoms with Crippen molar-refractivity contribution in [3.8, 4) is 12.0 Å². The molecular weight excluding hydrogens is 368 g/mol. The SMILES string of the molecule is Cc1oc(-n2c(C)cc(/C=N\NC(=O)[C@@H](O)c3ccccc3)c2C)c(C#N)c1C. The molecule has 2 aromatic heterocycles. The molecule has 7 heteroatoms. The number of carbonyl (C=O) groups is 1. The van der Waals surface area contributed by atoms with Crippen LogP contribution in [-0.4, -0.2) is 21.8 Å². The lowest BCUT2D eigenvalue weighted by molar-refractivity contribution is -0.129. The number of nitriles is 1. The van der Waals surface area contributed by atoms with E-state index in [4.69, 9.17) is 4.42 Å². The quantitative estimate of drug-likeness (QED) is 0.515. The highest BCUT2D eigenvalue weighted by atomic mass is 16.4. The Hall–Kier alpha value is -3.63. The average Bonchev–Trinajstić information content (AvgIpc) is 3.16. The second-order valence-electron chi connectivity index (χ2n) is 6.78. The molecule has 2 N–H and O–H groups in total. The number of amides is 1. The van der Waals surface area contributed by atoms with Gasteiger partial charge in [0.15, 0.2) is 6.10 Å². The van der Waals surface area contributed by atoms with E-state index in [9.17, 15) is 15.2 Å². The highest BCUT2D eigenvalue weighted by Gasteiger charge is 2.20. The lowest BCUT2D eigenvalue weighted by atomic mass is 10.1. The van der Waals surface area contributed by atoms with E-state index in [0.717, 1.165) is 22.5 Å². The van der Waals surface area contributed by atoms with Crippen molar-refractivity contribution in [2.45, 2.75) is 33.8 Å². The van der Waals surface area contributed by atoms with Gasteiger partial charge in [-0.25, -0.2) is 5.43 Å². The minimum atomic E-state index is -1.30. The van der Waals surface area contributed by atoms with Crippen LogP contribution < -0.4 is 5.43 Å². The Labute approximate surface area is 168 Å². The van der Waals surface area contributed by atoms with Crippen LogP contribution in [0.1, 0.15) is 45.5 Å². The zero-order valence-electron chi connectivity index (χ0n) is 16.7. The largest absolute Gasteiger partial charge is 0.443 e. The Balaban J connectivity index is 1.82. The van der Waals surface area contributed by atoms with Crippen LogP contribution in [-0.2, 0) is 4.79 Å². The number of hydrazone groups is 1.